The van der Waals surface area contributed by atoms with Crippen molar-refractivity contribution in [3.05, 3.63) is 57.7 Å². The number of hydrogen-bond donors (Lipinski definition) is 1. The summed E-state index contributed by atoms with van der Waals surface area (Å²) >= 11 is 10.8. The number of anilines is 1. The highest BCUT2D eigenvalue weighted by Gasteiger charge is 2.19. The fourth-order valence-corrected chi connectivity index (χ4v) is 4.27. The molecule has 0 atom stereocenters. The maximum atomic E-state index is 13.0. The Kier molecular flexibility index (Phi) is 5.44. The second-order valence-corrected chi connectivity index (χ2v) is 8.36. The zero-order valence-corrected chi connectivity index (χ0v) is 18.4. The number of carbonyl (C=O) groups is 1. The summed E-state index contributed by atoms with van der Waals surface area (Å²) in [5.74, 6) is 0.156. The number of methoxy groups -OCH3 is 1. The first kappa shape index (κ1) is 19.7. The van der Waals surface area contributed by atoms with Crippen molar-refractivity contribution in [3.63, 3.8) is 0 Å². The summed E-state index contributed by atoms with van der Waals surface area (Å²) in [4.78, 5) is 30.0. The van der Waals surface area contributed by atoms with Gasteiger partial charge in [0.2, 0.25) is 0 Å². The summed E-state index contributed by atoms with van der Waals surface area (Å²) < 4.78 is 7.11. The van der Waals surface area contributed by atoms with Crippen LogP contribution in [0.4, 0.5) is 5.13 Å². The summed E-state index contributed by atoms with van der Waals surface area (Å²) in [6.45, 7) is 1.84. The molecule has 0 saturated carbocycles. The van der Waals surface area contributed by atoms with Gasteiger partial charge < -0.3 is 4.74 Å². The molecule has 0 fully saturated rings. The van der Waals surface area contributed by atoms with Crippen LogP contribution in [-0.2, 0) is 0 Å². The van der Waals surface area contributed by atoms with Crippen LogP contribution in [0.5, 0.6) is 5.75 Å². The topological polar surface area (TPSA) is 89.9 Å². The van der Waals surface area contributed by atoms with Crippen molar-refractivity contribution in [3.8, 4) is 16.9 Å². The first-order chi connectivity index (χ1) is 13.9. The molecular formula is C19H13BrClN5O2S. The molecule has 0 aromatic carbocycles. The Hall–Kier alpha value is -2.62. The van der Waals surface area contributed by atoms with Gasteiger partial charge in [0.1, 0.15) is 10.9 Å². The number of ether oxygens (including phenoxy) is 1. The van der Waals surface area contributed by atoms with Gasteiger partial charge in [0.05, 0.1) is 23.6 Å². The van der Waals surface area contributed by atoms with Crippen LogP contribution in [-0.4, -0.2) is 33.0 Å². The van der Waals surface area contributed by atoms with E-state index in [1.165, 1.54) is 30.8 Å². The van der Waals surface area contributed by atoms with Crippen molar-refractivity contribution in [1.82, 2.24) is 19.9 Å². The molecule has 4 rings (SSSR count). The normalized spacial score (nSPS) is 10.9. The van der Waals surface area contributed by atoms with Gasteiger partial charge in [0, 0.05) is 33.7 Å². The van der Waals surface area contributed by atoms with Crippen molar-refractivity contribution in [2.45, 2.75) is 6.92 Å². The molecule has 10 heteroatoms. The second-order valence-electron chi connectivity index (χ2n) is 6.03. The van der Waals surface area contributed by atoms with Crippen molar-refractivity contribution < 1.29 is 9.53 Å². The van der Waals surface area contributed by atoms with E-state index in [9.17, 15) is 4.79 Å². The molecule has 0 aliphatic rings. The third-order valence-electron chi connectivity index (χ3n) is 4.06. The van der Waals surface area contributed by atoms with E-state index in [1.54, 1.807) is 18.3 Å². The largest absolute Gasteiger partial charge is 0.494 e. The lowest BCUT2D eigenvalue weighted by Crippen LogP contribution is -2.14. The lowest BCUT2D eigenvalue weighted by Gasteiger charge is -2.13. The Morgan fingerprint density at radius 1 is 1.14 bits per heavy atom. The van der Waals surface area contributed by atoms with Gasteiger partial charge in [-0.05, 0) is 41.1 Å². The second kappa shape index (κ2) is 8.02. The highest BCUT2D eigenvalue weighted by molar-refractivity contribution is 9.10. The summed E-state index contributed by atoms with van der Waals surface area (Å²) in [5, 5.41) is 3.57. The SMILES string of the molecule is COc1cnc(Cl)cc1-c1cc(C)ncc1C(=O)Nc1nc2ncc(Br)cc2s1. The molecule has 1 amide bonds. The predicted octanol–water partition coefficient (Wildman–Crippen LogP) is 5.13. The van der Waals surface area contributed by atoms with E-state index in [1.807, 2.05) is 13.0 Å². The number of aryl methyl sites for hydroxylation is 1. The van der Waals surface area contributed by atoms with Gasteiger partial charge in [-0.25, -0.2) is 9.97 Å². The summed E-state index contributed by atoms with van der Waals surface area (Å²) in [7, 11) is 1.54. The number of thiazole rings is 1. The molecule has 29 heavy (non-hydrogen) atoms. The van der Waals surface area contributed by atoms with Crippen LogP contribution in [0.3, 0.4) is 0 Å². The number of nitrogens with one attached hydrogen (secondary N) is 1. The molecule has 7 nitrogen and oxygen atoms in total. The van der Waals surface area contributed by atoms with Gasteiger partial charge in [-0.15, -0.1) is 0 Å². The Morgan fingerprint density at radius 2 is 1.97 bits per heavy atom. The Bertz CT molecular complexity index is 1250. The molecule has 0 spiro atoms. The minimum absolute atomic E-state index is 0.296. The number of rotatable bonds is 4. The predicted molar refractivity (Wildman–Crippen MR) is 117 cm³/mol. The van der Waals surface area contributed by atoms with Crippen molar-refractivity contribution in [2.24, 2.45) is 0 Å². The van der Waals surface area contributed by atoms with Crippen LogP contribution in [0.25, 0.3) is 21.5 Å². The smallest absolute Gasteiger partial charge is 0.259 e. The minimum Gasteiger partial charge on any atom is -0.494 e. The Morgan fingerprint density at radius 3 is 2.76 bits per heavy atom. The lowest BCUT2D eigenvalue weighted by molar-refractivity contribution is 0.102. The van der Waals surface area contributed by atoms with E-state index in [2.05, 4.69) is 41.2 Å². The van der Waals surface area contributed by atoms with Crippen molar-refractivity contribution >= 4 is 60.3 Å². The number of carbonyl (C=O) groups excluding carboxylic acids is 1. The quantitative estimate of drug-likeness (QED) is 0.399. The zero-order chi connectivity index (χ0) is 20.5. The molecule has 4 aromatic heterocycles. The summed E-state index contributed by atoms with van der Waals surface area (Å²) in [6, 6.07) is 5.36. The highest BCUT2D eigenvalue weighted by atomic mass is 79.9. The highest BCUT2D eigenvalue weighted by Crippen LogP contribution is 2.34. The van der Waals surface area contributed by atoms with Gasteiger partial charge >= 0.3 is 0 Å². The third-order valence-corrected chi connectivity index (χ3v) is 5.61. The van der Waals surface area contributed by atoms with E-state index in [0.717, 1.165) is 14.9 Å². The number of pyridine rings is 3. The molecule has 0 bridgehead atoms. The van der Waals surface area contributed by atoms with Gasteiger partial charge in [0.25, 0.3) is 5.91 Å². The van der Waals surface area contributed by atoms with E-state index < -0.39 is 0 Å². The summed E-state index contributed by atoms with van der Waals surface area (Å²) in [5.41, 5.74) is 2.97. The number of amides is 1. The molecule has 0 radical (unpaired) electrons. The van der Waals surface area contributed by atoms with Gasteiger partial charge in [0.15, 0.2) is 10.8 Å². The third kappa shape index (κ3) is 4.07. The number of fused-ring (bicyclic) bond motifs is 1. The lowest BCUT2D eigenvalue weighted by atomic mass is 10.0. The van der Waals surface area contributed by atoms with Crippen molar-refractivity contribution in [1.29, 1.82) is 0 Å². The maximum Gasteiger partial charge on any atom is 0.259 e. The number of aromatic nitrogens is 4. The maximum absolute atomic E-state index is 13.0. The van der Waals surface area contributed by atoms with Crippen LogP contribution in [0.15, 0.2) is 41.3 Å². The van der Waals surface area contributed by atoms with Crippen LogP contribution in [0, 0.1) is 6.92 Å². The first-order valence-corrected chi connectivity index (χ1v) is 10.3. The fourth-order valence-electron chi connectivity index (χ4n) is 2.77. The Balaban J connectivity index is 1.75. The molecule has 0 saturated heterocycles. The Labute approximate surface area is 183 Å². The van der Waals surface area contributed by atoms with E-state index >= 15 is 0 Å². The number of hydrogen-bond acceptors (Lipinski definition) is 7. The van der Waals surface area contributed by atoms with Gasteiger partial charge in [-0.1, -0.05) is 22.9 Å². The van der Waals surface area contributed by atoms with E-state index in [-0.39, 0.29) is 5.91 Å². The van der Waals surface area contributed by atoms with E-state index in [4.69, 9.17) is 16.3 Å². The monoisotopic (exact) mass is 489 g/mol. The molecular weight excluding hydrogens is 478 g/mol. The fraction of sp³-hybridized carbons (Fsp3) is 0.105. The average Bonchev–Trinajstić information content (AvgIpc) is 3.09. The van der Waals surface area contributed by atoms with E-state index in [0.29, 0.717) is 38.4 Å². The summed E-state index contributed by atoms with van der Waals surface area (Å²) in [6.07, 6.45) is 4.71. The van der Waals surface area contributed by atoms with Crippen LogP contribution in [0.1, 0.15) is 16.1 Å². The molecule has 1 N–H and O–H groups in total. The number of halogens is 2. The number of nitrogens with zero attached hydrogens (tertiary/aromatic N) is 4. The molecule has 4 heterocycles. The van der Waals surface area contributed by atoms with Crippen molar-refractivity contribution in [2.75, 3.05) is 12.4 Å². The molecule has 0 aliphatic heterocycles. The standard InChI is InChI=1S/C19H13BrClN5O2S/c1-9-3-11(12-5-16(21)23-8-14(12)28-2)13(7-22-9)18(27)26-19-25-17-15(29-19)4-10(20)6-24-17/h3-8H,1-2H3,(H,24,25,26,27). The zero-order valence-electron chi connectivity index (χ0n) is 15.2. The van der Waals surface area contributed by atoms with Crippen LogP contribution in [0.2, 0.25) is 5.15 Å². The van der Waals surface area contributed by atoms with Crippen LogP contribution >= 0.6 is 38.9 Å². The molecule has 0 aliphatic carbocycles. The minimum atomic E-state index is -0.347. The first-order valence-electron chi connectivity index (χ1n) is 8.34. The molecule has 4 aromatic rings. The molecule has 146 valence electrons. The van der Waals surface area contributed by atoms with Gasteiger partial charge in [-0.3, -0.25) is 15.1 Å². The van der Waals surface area contributed by atoms with Crippen LogP contribution < -0.4 is 10.1 Å². The van der Waals surface area contributed by atoms with Gasteiger partial charge in [-0.2, -0.15) is 4.98 Å². The molecule has 0 unspecified atom stereocenters. The average molecular weight is 491 g/mol.